The van der Waals surface area contributed by atoms with Crippen molar-refractivity contribution in [3.63, 3.8) is 0 Å². The normalized spacial score (nSPS) is 11.9. The Kier molecular flexibility index (Phi) is 37.4. The standard InChI is InChI=1S/C42H77NO4S2/c1-5-7-9-11-13-21-27-36-48-41(45)33-25-19-15-17-23-30-39(38-47-40(44)32-29-35-43(3)4)31-24-18-16-20-26-34-42(46)49-37-28-22-14-12-10-8-6-2/h21-22,27-28,39H,5-20,23-26,29-38H2,1-4H3/b27-21-,28-22-. The number of carbonyl (C=O) groups is 3. The second kappa shape index (κ2) is 38.2. The van der Waals surface area contributed by atoms with Crippen LogP contribution in [0, 0.1) is 5.92 Å². The van der Waals surface area contributed by atoms with Gasteiger partial charge in [-0.3, -0.25) is 14.4 Å². The fourth-order valence-corrected chi connectivity index (χ4v) is 7.19. The molecule has 0 amide bonds. The molecule has 0 atom stereocenters. The lowest BCUT2D eigenvalue weighted by molar-refractivity contribution is -0.145. The van der Waals surface area contributed by atoms with Crippen molar-refractivity contribution in [1.29, 1.82) is 0 Å². The van der Waals surface area contributed by atoms with E-state index in [9.17, 15) is 14.4 Å². The van der Waals surface area contributed by atoms with Crippen molar-refractivity contribution < 1.29 is 19.1 Å². The van der Waals surface area contributed by atoms with E-state index in [0.717, 1.165) is 88.7 Å². The molecule has 0 aromatic heterocycles. The first kappa shape index (κ1) is 48.0. The molecule has 7 heteroatoms. The first-order chi connectivity index (χ1) is 23.9. The lowest BCUT2D eigenvalue weighted by Gasteiger charge is -2.17. The van der Waals surface area contributed by atoms with Gasteiger partial charge in [-0.05, 0) is 84.3 Å². The fourth-order valence-electron chi connectivity index (χ4n) is 5.78. The van der Waals surface area contributed by atoms with E-state index in [0.29, 0.717) is 42.0 Å². The first-order valence-electron chi connectivity index (χ1n) is 20.3. The van der Waals surface area contributed by atoms with E-state index < -0.39 is 0 Å². The summed E-state index contributed by atoms with van der Waals surface area (Å²) in [5, 5.41) is 0.648. The number of ether oxygens (including phenoxy) is 1. The summed E-state index contributed by atoms with van der Waals surface area (Å²) in [4.78, 5) is 38.8. The molecule has 0 heterocycles. The largest absolute Gasteiger partial charge is 0.465 e. The van der Waals surface area contributed by atoms with Crippen molar-refractivity contribution in [1.82, 2.24) is 4.90 Å². The highest BCUT2D eigenvalue weighted by molar-refractivity contribution is 8.14. The second-order valence-electron chi connectivity index (χ2n) is 14.1. The van der Waals surface area contributed by atoms with E-state index in [1.54, 1.807) is 0 Å². The number of rotatable bonds is 36. The molecule has 49 heavy (non-hydrogen) atoms. The van der Waals surface area contributed by atoms with Crippen molar-refractivity contribution in [3.05, 3.63) is 24.3 Å². The molecule has 0 aromatic rings. The molecule has 0 aliphatic heterocycles. The molecule has 5 nitrogen and oxygen atoms in total. The topological polar surface area (TPSA) is 63.7 Å². The van der Waals surface area contributed by atoms with E-state index >= 15 is 0 Å². The molecule has 0 aliphatic carbocycles. The summed E-state index contributed by atoms with van der Waals surface area (Å²) in [6.07, 6.45) is 37.5. The molecule has 0 N–H and O–H groups in total. The molecule has 0 rings (SSSR count). The lowest BCUT2D eigenvalue weighted by atomic mass is 9.94. The van der Waals surface area contributed by atoms with Crippen LogP contribution in [-0.4, -0.2) is 59.9 Å². The third-order valence-corrected chi connectivity index (χ3v) is 10.7. The minimum absolute atomic E-state index is 0.0677. The third-order valence-electron chi connectivity index (χ3n) is 8.92. The van der Waals surface area contributed by atoms with Crippen molar-refractivity contribution in [2.24, 2.45) is 5.92 Å². The molecular weight excluding hydrogens is 647 g/mol. The van der Waals surface area contributed by atoms with Gasteiger partial charge < -0.3 is 9.64 Å². The zero-order valence-corrected chi connectivity index (χ0v) is 34.1. The van der Waals surface area contributed by atoms with Gasteiger partial charge in [-0.1, -0.05) is 152 Å². The molecule has 0 aliphatic rings. The van der Waals surface area contributed by atoms with E-state index in [1.165, 1.54) is 101 Å². The monoisotopic (exact) mass is 724 g/mol. The molecule has 0 spiro atoms. The number of hydrogen-bond acceptors (Lipinski definition) is 7. The van der Waals surface area contributed by atoms with Gasteiger partial charge in [0.25, 0.3) is 0 Å². The van der Waals surface area contributed by atoms with Crippen LogP contribution in [0.15, 0.2) is 24.3 Å². The fraction of sp³-hybridized carbons (Fsp3) is 0.833. The molecule has 0 saturated carbocycles. The Labute approximate surface area is 312 Å². The van der Waals surface area contributed by atoms with Crippen LogP contribution in [0.5, 0.6) is 0 Å². The SMILES string of the molecule is CCCCCC/C=C\CSC(=O)CCCCCCCC(CCCCCCCC(=O)SC/C=C\CCCCCC)COC(=O)CCCN(C)C. The highest BCUT2D eigenvalue weighted by atomic mass is 32.2. The molecule has 0 unspecified atom stereocenters. The smallest absolute Gasteiger partial charge is 0.305 e. The van der Waals surface area contributed by atoms with Crippen molar-refractivity contribution in [2.75, 3.05) is 38.8 Å². The molecule has 0 radical (unpaired) electrons. The Morgan fingerprint density at radius 2 is 1.00 bits per heavy atom. The second-order valence-corrected chi connectivity index (χ2v) is 16.2. The van der Waals surface area contributed by atoms with Gasteiger partial charge in [0, 0.05) is 30.8 Å². The van der Waals surface area contributed by atoms with Crippen LogP contribution in [-0.2, 0) is 19.1 Å². The van der Waals surface area contributed by atoms with Gasteiger partial charge in [0.15, 0.2) is 10.2 Å². The Morgan fingerprint density at radius 3 is 1.47 bits per heavy atom. The van der Waals surface area contributed by atoms with Crippen LogP contribution in [0.2, 0.25) is 0 Å². The van der Waals surface area contributed by atoms with Gasteiger partial charge >= 0.3 is 5.97 Å². The zero-order valence-electron chi connectivity index (χ0n) is 32.5. The number of esters is 1. The molecule has 0 aromatic carbocycles. The van der Waals surface area contributed by atoms with Gasteiger partial charge in [-0.25, -0.2) is 0 Å². The molecule has 0 fully saturated rings. The van der Waals surface area contributed by atoms with Crippen molar-refractivity contribution in [3.8, 4) is 0 Å². The Morgan fingerprint density at radius 1 is 0.551 bits per heavy atom. The average Bonchev–Trinajstić information content (AvgIpc) is 3.08. The van der Waals surface area contributed by atoms with Crippen LogP contribution in [0.3, 0.4) is 0 Å². The number of carbonyl (C=O) groups excluding carboxylic acids is 3. The van der Waals surface area contributed by atoms with Crippen LogP contribution < -0.4 is 0 Å². The lowest BCUT2D eigenvalue weighted by Crippen LogP contribution is -2.17. The number of unbranched alkanes of at least 4 members (excludes halogenated alkanes) is 16. The first-order valence-corrected chi connectivity index (χ1v) is 22.3. The highest BCUT2D eigenvalue weighted by Gasteiger charge is 2.13. The van der Waals surface area contributed by atoms with Gasteiger partial charge in [-0.15, -0.1) is 0 Å². The molecule has 0 bridgehead atoms. The summed E-state index contributed by atoms with van der Waals surface area (Å²) in [7, 11) is 4.06. The van der Waals surface area contributed by atoms with Gasteiger partial charge in [0.2, 0.25) is 0 Å². The minimum Gasteiger partial charge on any atom is -0.465 e. The highest BCUT2D eigenvalue weighted by Crippen LogP contribution is 2.21. The Bertz CT molecular complexity index is 777. The van der Waals surface area contributed by atoms with Crippen molar-refractivity contribution >= 4 is 39.7 Å². The zero-order chi connectivity index (χ0) is 36.0. The maximum absolute atomic E-state index is 12.3. The van der Waals surface area contributed by atoms with E-state index in [4.69, 9.17) is 4.74 Å². The van der Waals surface area contributed by atoms with E-state index in [2.05, 4.69) is 43.1 Å². The number of hydrogen-bond donors (Lipinski definition) is 0. The van der Waals surface area contributed by atoms with Crippen LogP contribution >= 0.6 is 23.5 Å². The predicted octanol–water partition coefficient (Wildman–Crippen LogP) is 12.5. The van der Waals surface area contributed by atoms with Crippen LogP contribution in [0.1, 0.15) is 181 Å². The van der Waals surface area contributed by atoms with Gasteiger partial charge in [-0.2, -0.15) is 0 Å². The Hall–Kier alpha value is -1.05. The van der Waals surface area contributed by atoms with E-state index in [1.807, 2.05) is 14.1 Å². The van der Waals surface area contributed by atoms with Gasteiger partial charge in [0.1, 0.15) is 0 Å². The van der Waals surface area contributed by atoms with Crippen LogP contribution in [0.4, 0.5) is 0 Å². The molecular formula is C42H77NO4S2. The number of nitrogens with zero attached hydrogens (tertiary/aromatic N) is 1. The van der Waals surface area contributed by atoms with Crippen LogP contribution in [0.25, 0.3) is 0 Å². The maximum Gasteiger partial charge on any atom is 0.305 e. The van der Waals surface area contributed by atoms with E-state index in [-0.39, 0.29) is 5.97 Å². The minimum atomic E-state index is -0.0677. The molecule has 286 valence electrons. The summed E-state index contributed by atoms with van der Waals surface area (Å²) in [6, 6.07) is 0. The summed E-state index contributed by atoms with van der Waals surface area (Å²) in [5.41, 5.74) is 0. The third kappa shape index (κ3) is 38.0. The Balaban J connectivity index is 4.14. The van der Waals surface area contributed by atoms with Crippen molar-refractivity contribution in [2.45, 2.75) is 181 Å². The summed E-state index contributed by atoms with van der Waals surface area (Å²) in [5.74, 6) is 1.98. The number of thioether (sulfide) groups is 2. The summed E-state index contributed by atoms with van der Waals surface area (Å²) in [6.45, 7) is 5.91. The maximum atomic E-state index is 12.3. The summed E-state index contributed by atoms with van der Waals surface area (Å²) >= 11 is 2.93. The average molecular weight is 724 g/mol. The van der Waals surface area contributed by atoms with Gasteiger partial charge in [0.05, 0.1) is 6.61 Å². The quantitative estimate of drug-likeness (QED) is 0.0362. The summed E-state index contributed by atoms with van der Waals surface area (Å²) < 4.78 is 5.72. The number of allylic oxidation sites excluding steroid dienone is 2. The predicted molar refractivity (Wildman–Crippen MR) is 218 cm³/mol. The molecule has 0 saturated heterocycles.